The Morgan fingerprint density at radius 3 is 2.90 bits per heavy atom. The first-order valence-corrected chi connectivity index (χ1v) is 6.25. The van der Waals surface area contributed by atoms with E-state index >= 15 is 0 Å². The molecule has 0 saturated carbocycles. The Labute approximate surface area is 120 Å². The summed E-state index contributed by atoms with van der Waals surface area (Å²) < 4.78 is 0. The molecule has 0 fully saturated rings. The van der Waals surface area contributed by atoms with Crippen LogP contribution in [0.15, 0.2) is 30.9 Å². The number of carboxylic acids is 1. The van der Waals surface area contributed by atoms with Crippen molar-refractivity contribution in [1.82, 2.24) is 20.3 Å². The number of amides is 2. The number of carbonyl (C=O) groups excluding carboxylic acids is 1. The Bertz CT molecular complexity index is 626. The van der Waals surface area contributed by atoms with Gasteiger partial charge in [0.2, 0.25) is 0 Å². The van der Waals surface area contributed by atoms with E-state index in [1.807, 2.05) is 0 Å². The van der Waals surface area contributed by atoms with Crippen molar-refractivity contribution < 1.29 is 14.7 Å². The van der Waals surface area contributed by atoms with Crippen molar-refractivity contribution in [3.05, 3.63) is 42.2 Å². The van der Waals surface area contributed by atoms with Crippen LogP contribution in [0.3, 0.4) is 0 Å². The molecule has 2 aromatic rings. The van der Waals surface area contributed by atoms with Crippen molar-refractivity contribution >= 4 is 17.7 Å². The van der Waals surface area contributed by atoms with Crippen LogP contribution < -0.4 is 10.6 Å². The molecular weight excluding hydrogens is 274 g/mol. The molecule has 2 aromatic heterocycles. The second-order valence-corrected chi connectivity index (χ2v) is 4.41. The molecule has 0 unspecified atom stereocenters. The van der Waals surface area contributed by atoms with Crippen LogP contribution in [0.1, 0.15) is 11.4 Å². The highest BCUT2D eigenvalue weighted by molar-refractivity contribution is 5.92. The summed E-state index contributed by atoms with van der Waals surface area (Å²) in [5.41, 5.74) is 1.80. The lowest BCUT2D eigenvalue weighted by Crippen LogP contribution is -2.44. The van der Waals surface area contributed by atoms with E-state index in [9.17, 15) is 9.59 Å². The molecule has 8 heteroatoms. The van der Waals surface area contributed by atoms with E-state index in [2.05, 4.69) is 25.6 Å². The maximum absolute atomic E-state index is 11.9. The summed E-state index contributed by atoms with van der Waals surface area (Å²) in [4.78, 5) is 33.7. The first kappa shape index (κ1) is 14.5. The van der Waals surface area contributed by atoms with Gasteiger partial charge in [-0.1, -0.05) is 0 Å². The summed E-state index contributed by atoms with van der Waals surface area (Å²) in [6.07, 6.45) is 4.69. The molecule has 0 saturated heterocycles. The number of carbonyl (C=O) groups is 2. The Balaban J connectivity index is 1.98. The number of aromatic nitrogens is 3. The van der Waals surface area contributed by atoms with E-state index in [1.54, 1.807) is 25.3 Å². The summed E-state index contributed by atoms with van der Waals surface area (Å²) in [5.74, 6) is -1.12. The van der Waals surface area contributed by atoms with Gasteiger partial charge in [-0.25, -0.2) is 14.6 Å². The van der Waals surface area contributed by atoms with E-state index in [0.29, 0.717) is 17.1 Å². The predicted octanol–water partition coefficient (Wildman–Crippen LogP) is 0.931. The van der Waals surface area contributed by atoms with Crippen LogP contribution in [0.2, 0.25) is 0 Å². The molecule has 0 aliphatic rings. The second-order valence-electron chi connectivity index (χ2n) is 4.41. The third-order valence-corrected chi connectivity index (χ3v) is 2.84. The molecule has 110 valence electrons. The molecule has 8 nitrogen and oxygen atoms in total. The van der Waals surface area contributed by atoms with Crippen molar-refractivity contribution in [1.29, 1.82) is 0 Å². The number of H-pyrrole nitrogens is 1. The van der Waals surface area contributed by atoms with Crippen molar-refractivity contribution in [2.75, 3.05) is 5.32 Å². The molecule has 4 N–H and O–H groups in total. The highest BCUT2D eigenvalue weighted by atomic mass is 16.4. The number of anilines is 1. The molecule has 21 heavy (non-hydrogen) atoms. The minimum Gasteiger partial charge on any atom is -0.480 e. The number of urea groups is 1. The summed E-state index contributed by atoms with van der Waals surface area (Å²) in [5, 5.41) is 14.1. The van der Waals surface area contributed by atoms with Crippen LogP contribution in [0.5, 0.6) is 0 Å². The zero-order valence-electron chi connectivity index (χ0n) is 11.3. The quantitative estimate of drug-likeness (QED) is 0.652. The van der Waals surface area contributed by atoms with Gasteiger partial charge in [0.05, 0.1) is 17.7 Å². The lowest BCUT2D eigenvalue weighted by Gasteiger charge is -2.15. The normalized spacial score (nSPS) is 11.7. The molecule has 0 aliphatic carbocycles. The SMILES string of the molecule is Cc1ncccc1NC(=O)N[C@@H](Cc1cnc[nH]1)C(=O)O. The van der Waals surface area contributed by atoms with Crippen molar-refractivity contribution in [2.24, 2.45) is 0 Å². The first-order chi connectivity index (χ1) is 10.1. The fraction of sp³-hybridized carbons (Fsp3) is 0.231. The minimum atomic E-state index is -1.12. The topological polar surface area (TPSA) is 120 Å². The average Bonchev–Trinajstić information content (AvgIpc) is 2.93. The number of nitrogens with one attached hydrogen (secondary N) is 3. The lowest BCUT2D eigenvalue weighted by molar-refractivity contribution is -0.139. The van der Waals surface area contributed by atoms with Gasteiger partial charge in [0.25, 0.3) is 0 Å². The highest BCUT2D eigenvalue weighted by Gasteiger charge is 2.21. The largest absolute Gasteiger partial charge is 0.480 e. The van der Waals surface area contributed by atoms with E-state index < -0.39 is 18.0 Å². The van der Waals surface area contributed by atoms with Crippen molar-refractivity contribution in [2.45, 2.75) is 19.4 Å². The summed E-state index contributed by atoms with van der Waals surface area (Å²) in [6, 6.07) is 1.72. The zero-order valence-corrected chi connectivity index (χ0v) is 11.3. The van der Waals surface area contributed by atoms with E-state index in [0.717, 1.165) is 0 Å². The molecule has 1 atom stereocenters. The Morgan fingerprint density at radius 2 is 2.29 bits per heavy atom. The number of carboxylic acid groups (broad SMARTS) is 1. The van der Waals surface area contributed by atoms with Crippen LogP contribution in [0.4, 0.5) is 10.5 Å². The van der Waals surface area contributed by atoms with E-state index in [4.69, 9.17) is 5.11 Å². The van der Waals surface area contributed by atoms with E-state index in [1.165, 1.54) is 12.5 Å². The average molecular weight is 289 g/mol. The Kier molecular flexibility index (Phi) is 4.50. The molecule has 2 amide bonds. The van der Waals surface area contributed by atoms with Crippen LogP contribution in [-0.2, 0) is 11.2 Å². The van der Waals surface area contributed by atoms with Gasteiger partial charge in [-0.2, -0.15) is 0 Å². The third kappa shape index (κ3) is 4.03. The van der Waals surface area contributed by atoms with Gasteiger partial charge >= 0.3 is 12.0 Å². The monoisotopic (exact) mass is 289 g/mol. The third-order valence-electron chi connectivity index (χ3n) is 2.84. The summed E-state index contributed by atoms with van der Waals surface area (Å²) in [7, 11) is 0. The smallest absolute Gasteiger partial charge is 0.326 e. The van der Waals surface area contributed by atoms with Gasteiger partial charge in [-0.05, 0) is 19.1 Å². The van der Waals surface area contributed by atoms with Crippen LogP contribution in [0.25, 0.3) is 0 Å². The molecule has 0 spiro atoms. The maximum Gasteiger partial charge on any atom is 0.326 e. The van der Waals surface area contributed by atoms with Gasteiger partial charge in [0, 0.05) is 24.5 Å². The number of hydrogen-bond donors (Lipinski definition) is 4. The molecule has 2 heterocycles. The van der Waals surface area contributed by atoms with Crippen molar-refractivity contribution in [3.8, 4) is 0 Å². The van der Waals surface area contributed by atoms with Gasteiger partial charge in [0.1, 0.15) is 6.04 Å². The first-order valence-electron chi connectivity index (χ1n) is 6.25. The molecule has 0 aliphatic heterocycles. The zero-order chi connectivity index (χ0) is 15.2. The molecule has 2 rings (SSSR count). The lowest BCUT2D eigenvalue weighted by atomic mass is 10.1. The molecule has 0 radical (unpaired) electrons. The van der Waals surface area contributed by atoms with Crippen LogP contribution in [-0.4, -0.2) is 38.1 Å². The Hall–Kier alpha value is -2.90. The summed E-state index contributed by atoms with van der Waals surface area (Å²) in [6.45, 7) is 1.74. The number of nitrogens with zero attached hydrogens (tertiary/aromatic N) is 2. The molecular formula is C13H15N5O3. The predicted molar refractivity (Wildman–Crippen MR) is 74.8 cm³/mol. The van der Waals surface area contributed by atoms with Gasteiger partial charge in [-0.3, -0.25) is 4.98 Å². The number of aliphatic carboxylic acids is 1. The standard InChI is InChI=1S/C13H15N5O3/c1-8-10(3-2-4-15-8)17-13(21)18-11(12(19)20)5-9-6-14-7-16-9/h2-4,6-7,11H,5H2,1H3,(H,14,16)(H,19,20)(H2,17,18,21)/t11-/m0/s1. The van der Waals surface area contributed by atoms with Crippen LogP contribution >= 0.6 is 0 Å². The Morgan fingerprint density at radius 1 is 1.48 bits per heavy atom. The number of imidazole rings is 1. The van der Waals surface area contributed by atoms with E-state index in [-0.39, 0.29) is 6.42 Å². The number of rotatable bonds is 5. The second kappa shape index (κ2) is 6.51. The summed E-state index contributed by atoms with van der Waals surface area (Å²) >= 11 is 0. The minimum absolute atomic E-state index is 0.120. The fourth-order valence-corrected chi connectivity index (χ4v) is 1.75. The number of aromatic amines is 1. The fourth-order valence-electron chi connectivity index (χ4n) is 1.75. The molecule has 0 aromatic carbocycles. The van der Waals surface area contributed by atoms with Crippen LogP contribution in [0, 0.1) is 6.92 Å². The number of hydrogen-bond acceptors (Lipinski definition) is 4. The van der Waals surface area contributed by atoms with Gasteiger partial charge in [-0.15, -0.1) is 0 Å². The maximum atomic E-state index is 11.9. The van der Waals surface area contributed by atoms with Gasteiger partial charge < -0.3 is 20.7 Å². The highest BCUT2D eigenvalue weighted by Crippen LogP contribution is 2.10. The van der Waals surface area contributed by atoms with Crippen molar-refractivity contribution in [3.63, 3.8) is 0 Å². The van der Waals surface area contributed by atoms with Gasteiger partial charge in [0.15, 0.2) is 0 Å². The number of aryl methyl sites for hydroxylation is 1. The molecule has 0 bridgehead atoms. The number of pyridine rings is 1.